The van der Waals surface area contributed by atoms with Crippen LogP contribution in [-0.4, -0.2) is 45.7 Å². The number of carbonyl (C=O) groups is 1. The van der Waals surface area contributed by atoms with Crippen LogP contribution in [-0.2, 0) is 6.54 Å². The first-order chi connectivity index (χ1) is 9.20. The van der Waals surface area contributed by atoms with Gasteiger partial charge >= 0.3 is 6.09 Å². The van der Waals surface area contributed by atoms with Crippen molar-refractivity contribution < 1.29 is 9.90 Å². The molecule has 5 heteroatoms. The van der Waals surface area contributed by atoms with Crippen molar-refractivity contribution in [2.24, 2.45) is 0 Å². The molecule has 5 nitrogen and oxygen atoms in total. The lowest BCUT2D eigenvalue weighted by atomic mass is 10.1. The van der Waals surface area contributed by atoms with Gasteiger partial charge in [0.05, 0.1) is 12.1 Å². The highest BCUT2D eigenvalue weighted by atomic mass is 16.4. The first-order valence-corrected chi connectivity index (χ1v) is 6.39. The average molecular weight is 257 g/mol. The van der Waals surface area contributed by atoms with Crippen molar-refractivity contribution in [3.05, 3.63) is 35.9 Å². The van der Waals surface area contributed by atoms with Gasteiger partial charge in [-0.15, -0.1) is 0 Å². The Hall–Kier alpha value is -2.06. The minimum atomic E-state index is -0.910. The van der Waals surface area contributed by atoms with E-state index in [4.69, 9.17) is 5.11 Å². The first kappa shape index (κ1) is 12.0. The number of nitrogens with zero attached hydrogens (tertiary/aromatic N) is 3. The lowest BCUT2D eigenvalue weighted by molar-refractivity contribution is 0.0805. The van der Waals surface area contributed by atoms with Crippen LogP contribution in [0, 0.1) is 11.3 Å². The maximum absolute atomic E-state index is 11.1. The second-order valence-electron chi connectivity index (χ2n) is 5.12. The van der Waals surface area contributed by atoms with Crippen molar-refractivity contribution >= 4 is 6.09 Å². The third-order valence-electron chi connectivity index (χ3n) is 4.10. The Morgan fingerprint density at radius 3 is 2.79 bits per heavy atom. The molecule has 0 unspecified atom stereocenters. The van der Waals surface area contributed by atoms with Crippen molar-refractivity contribution in [2.75, 3.05) is 6.54 Å². The lowest BCUT2D eigenvalue weighted by Crippen LogP contribution is -2.53. The Morgan fingerprint density at radius 1 is 1.42 bits per heavy atom. The van der Waals surface area contributed by atoms with Crippen LogP contribution >= 0.6 is 0 Å². The van der Waals surface area contributed by atoms with E-state index in [0.717, 1.165) is 12.0 Å². The maximum atomic E-state index is 11.1. The topological polar surface area (TPSA) is 67.6 Å². The van der Waals surface area contributed by atoms with Crippen LogP contribution in [0.2, 0.25) is 0 Å². The molecule has 1 amide bonds. The molecule has 0 spiro atoms. The zero-order chi connectivity index (χ0) is 13.4. The third-order valence-corrected chi connectivity index (χ3v) is 4.10. The largest absolute Gasteiger partial charge is 0.465 e. The quantitative estimate of drug-likeness (QED) is 0.872. The van der Waals surface area contributed by atoms with Crippen LogP contribution in [0.4, 0.5) is 4.79 Å². The molecule has 2 heterocycles. The summed E-state index contributed by atoms with van der Waals surface area (Å²) < 4.78 is 0. The predicted molar refractivity (Wildman–Crippen MR) is 68.3 cm³/mol. The summed E-state index contributed by atoms with van der Waals surface area (Å²) in [5, 5.41) is 18.4. The van der Waals surface area contributed by atoms with Crippen LogP contribution < -0.4 is 0 Å². The number of rotatable bonds is 2. The minimum Gasteiger partial charge on any atom is -0.465 e. The van der Waals surface area contributed by atoms with Crippen molar-refractivity contribution in [2.45, 2.75) is 31.1 Å². The van der Waals surface area contributed by atoms with Crippen LogP contribution in [0.3, 0.4) is 0 Å². The van der Waals surface area contributed by atoms with E-state index in [1.54, 1.807) is 0 Å². The monoisotopic (exact) mass is 257 g/mol. The van der Waals surface area contributed by atoms with Gasteiger partial charge in [0.25, 0.3) is 0 Å². The van der Waals surface area contributed by atoms with Gasteiger partial charge in [-0.05, 0) is 12.0 Å². The van der Waals surface area contributed by atoms with Gasteiger partial charge in [0.15, 0.2) is 0 Å². The van der Waals surface area contributed by atoms with Crippen LogP contribution in [0.25, 0.3) is 0 Å². The summed E-state index contributed by atoms with van der Waals surface area (Å²) in [6.45, 7) is 1.23. The Balaban J connectivity index is 1.78. The summed E-state index contributed by atoms with van der Waals surface area (Å²) in [4.78, 5) is 14.7. The number of likely N-dealkylation sites (tertiary alicyclic amines) is 2. The van der Waals surface area contributed by atoms with E-state index in [-0.39, 0.29) is 18.1 Å². The molecule has 0 saturated carbocycles. The molecule has 98 valence electrons. The van der Waals surface area contributed by atoms with Gasteiger partial charge in [-0.3, -0.25) is 4.90 Å². The molecule has 0 radical (unpaired) electrons. The summed E-state index contributed by atoms with van der Waals surface area (Å²) in [5.74, 6) is 0. The molecular formula is C14H15N3O2. The standard InChI is InChI=1S/C14H15N3O2/c15-7-13-12-6-11(9-17(12)14(18)19)16(13)8-10-4-2-1-3-5-10/h1-5,11-13H,6,8-9H2,(H,18,19)/t11-,12-,13-/m1/s1. The van der Waals surface area contributed by atoms with Crippen LogP contribution in [0.1, 0.15) is 12.0 Å². The van der Waals surface area contributed by atoms with E-state index in [1.807, 2.05) is 30.3 Å². The third kappa shape index (κ3) is 1.94. The minimum absolute atomic E-state index is 0.170. The summed E-state index contributed by atoms with van der Waals surface area (Å²) in [6, 6.07) is 12.0. The van der Waals surface area contributed by atoms with E-state index >= 15 is 0 Å². The van der Waals surface area contributed by atoms with E-state index in [2.05, 4.69) is 11.0 Å². The molecule has 19 heavy (non-hydrogen) atoms. The average Bonchev–Trinajstić information content (AvgIpc) is 2.98. The number of amides is 1. The summed E-state index contributed by atoms with van der Waals surface area (Å²) in [6.07, 6.45) is -0.135. The first-order valence-electron chi connectivity index (χ1n) is 6.39. The molecule has 0 aromatic heterocycles. The van der Waals surface area contributed by atoms with Gasteiger partial charge in [-0.2, -0.15) is 5.26 Å². The zero-order valence-electron chi connectivity index (χ0n) is 10.4. The molecule has 2 aliphatic rings. The Bertz CT molecular complexity index is 525. The highest BCUT2D eigenvalue weighted by Gasteiger charge is 2.52. The Kier molecular flexibility index (Phi) is 2.88. The lowest BCUT2D eigenvalue weighted by Gasteiger charge is -2.36. The highest BCUT2D eigenvalue weighted by Crippen LogP contribution is 2.36. The highest BCUT2D eigenvalue weighted by molar-refractivity contribution is 5.66. The van der Waals surface area contributed by atoms with Gasteiger partial charge in [0.2, 0.25) is 0 Å². The molecule has 1 aromatic carbocycles. The van der Waals surface area contributed by atoms with Crippen LogP contribution in [0.15, 0.2) is 30.3 Å². The van der Waals surface area contributed by atoms with Gasteiger partial charge in [-0.1, -0.05) is 30.3 Å². The van der Waals surface area contributed by atoms with Crippen LogP contribution in [0.5, 0.6) is 0 Å². The molecule has 0 aliphatic carbocycles. The Morgan fingerprint density at radius 2 is 2.16 bits per heavy atom. The smallest absolute Gasteiger partial charge is 0.407 e. The number of hydrogen-bond donors (Lipinski definition) is 1. The molecule has 2 saturated heterocycles. The van der Waals surface area contributed by atoms with Crippen molar-refractivity contribution in [3.63, 3.8) is 0 Å². The number of nitriles is 1. The number of carboxylic acid groups (broad SMARTS) is 1. The molecule has 2 aliphatic heterocycles. The fourth-order valence-electron chi connectivity index (χ4n) is 3.23. The van der Waals surface area contributed by atoms with E-state index in [1.165, 1.54) is 4.90 Å². The Labute approximate surface area is 111 Å². The normalized spacial score (nSPS) is 29.4. The van der Waals surface area contributed by atoms with E-state index in [9.17, 15) is 10.1 Å². The van der Waals surface area contributed by atoms with E-state index < -0.39 is 6.09 Å². The number of benzene rings is 1. The van der Waals surface area contributed by atoms with Gasteiger partial charge in [0.1, 0.15) is 6.04 Å². The van der Waals surface area contributed by atoms with E-state index in [0.29, 0.717) is 13.1 Å². The van der Waals surface area contributed by atoms with Crippen molar-refractivity contribution in [1.29, 1.82) is 5.26 Å². The summed E-state index contributed by atoms with van der Waals surface area (Å²) >= 11 is 0. The zero-order valence-corrected chi connectivity index (χ0v) is 10.4. The summed E-state index contributed by atoms with van der Waals surface area (Å²) in [5.41, 5.74) is 1.16. The van der Waals surface area contributed by atoms with Gasteiger partial charge in [-0.25, -0.2) is 4.79 Å². The second kappa shape index (κ2) is 4.56. The van der Waals surface area contributed by atoms with Gasteiger partial charge in [0, 0.05) is 19.1 Å². The molecule has 1 N–H and O–H groups in total. The SMILES string of the molecule is N#C[C@@H]1[C@H]2C[C@H](CN2C(=O)O)N1Cc1ccccc1. The fraction of sp³-hybridized carbons (Fsp3) is 0.429. The van der Waals surface area contributed by atoms with Gasteiger partial charge < -0.3 is 10.0 Å². The number of piperazine rings is 1. The number of hydrogen-bond acceptors (Lipinski definition) is 3. The number of fused-ring (bicyclic) bond motifs is 2. The molecule has 3 rings (SSSR count). The molecule has 1 aromatic rings. The molecule has 3 atom stereocenters. The molecular weight excluding hydrogens is 242 g/mol. The molecule has 2 fully saturated rings. The van der Waals surface area contributed by atoms with Crippen molar-refractivity contribution in [1.82, 2.24) is 9.80 Å². The fourth-order valence-corrected chi connectivity index (χ4v) is 3.23. The van der Waals surface area contributed by atoms with Crippen molar-refractivity contribution in [3.8, 4) is 6.07 Å². The predicted octanol–water partition coefficient (Wildman–Crippen LogP) is 1.52. The molecule has 2 bridgehead atoms. The summed E-state index contributed by atoms with van der Waals surface area (Å²) in [7, 11) is 0. The maximum Gasteiger partial charge on any atom is 0.407 e. The second-order valence-corrected chi connectivity index (χ2v) is 5.12.